The van der Waals surface area contributed by atoms with Crippen molar-refractivity contribution in [1.82, 2.24) is 10.2 Å². The highest BCUT2D eigenvalue weighted by atomic mass is 19.1. The molecule has 0 aromatic heterocycles. The number of aliphatic hydroxyl groups is 2. The fourth-order valence-corrected chi connectivity index (χ4v) is 3.89. The summed E-state index contributed by atoms with van der Waals surface area (Å²) < 4.78 is 13.5. The Morgan fingerprint density at radius 1 is 1.10 bits per heavy atom. The van der Waals surface area contributed by atoms with E-state index in [1.165, 1.54) is 11.0 Å². The molecule has 0 radical (unpaired) electrons. The van der Waals surface area contributed by atoms with Crippen molar-refractivity contribution in [3.63, 3.8) is 0 Å². The van der Waals surface area contributed by atoms with Crippen molar-refractivity contribution in [3.05, 3.63) is 24.0 Å². The number of phenols is 1. The maximum Gasteiger partial charge on any atom is 0.254 e. The molecule has 2 aliphatic heterocycles. The molecule has 1 aromatic carbocycles. The van der Waals surface area contributed by atoms with E-state index >= 15 is 0 Å². The highest BCUT2D eigenvalue weighted by molar-refractivity contribution is 5.90. The molecule has 29 heavy (non-hydrogen) atoms. The Morgan fingerprint density at radius 3 is 2.41 bits per heavy atom. The lowest BCUT2D eigenvalue weighted by atomic mass is 9.96. The summed E-state index contributed by atoms with van der Waals surface area (Å²) in [5.74, 6) is -2.26. The van der Waals surface area contributed by atoms with Gasteiger partial charge in [0.25, 0.3) is 11.8 Å². The summed E-state index contributed by atoms with van der Waals surface area (Å²) in [6, 6.07) is 4.41. The molecule has 2 amide bonds. The molecule has 2 saturated heterocycles. The standard InChI is InChI=1S/C20H28FN3O5/c21-14-4-3-5-15(16(14)25)23-10-6-13(7-11-23)12-22-19(28)17(26)18(27)20(29)24-8-1-2-9-24/h3-5,13,17-18,25-27H,1-2,6-12H2,(H,22,28)/t17-,18-/m1/s1. The molecule has 1 aromatic rings. The van der Waals surface area contributed by atoms with E-state index in [4.69, 9.17) is 0 Å². The van der Waals surface area contributed by atoms with Crippen molar-refractivity contribution in [2.24, 2.45) is 5.92 Å². The van der Waals surface area contributed by atoms with Gasteiger partial charge in [0.2, 0.25) is 0 Å². The fourth-order valence-electron chi connectivity index (χ4n) is 3.89. The van der Waals surface area contributed by atoms with Gasteiger partial charge in [-0.15, -0.1) is 0 Å². The molecular weight excluding hydrogens is 381 g/mol. The molecule has 0 aliphatic carbocycles. The second-order valence-corrected chi connectivity index (χ2v) is 7.71. The number of phenolic OH excluding ortho intramolecular Hbond substituents is 1. The largest absolute Gasteiger partial charge is 0.503 e. The van der Waals surface area contributed by atoms with Gasteiger partial charge < -0.3 is 30.4 Å². The number of hydrogen-bond donors (Lipinski definition) is 4. The predicted molar refractivity (Wildman–Crippen MR) is 104 cm³/mol. The fraction of sp³-hybridized carbons (Fsp3) is 0.600. The van der Waals surface area contributed by atoms with Crippen LogP contribution in [-0.2, 0) is 9.59 Å². The quantitative estimate of drug-likeness (QED) is 0.534. The number of hydrogen-bond acceptors (Lipinski definition) is 6. The third-order valence-corrected chi connectivity index (χ3v) is 5.72. The molecule has 2 aliphatic rings. The molecule has 2 fully saturated rings. The van der Waals surface area contributed by atoms with Gasteiger partial charge in [-0.2, -0.15) is 0 Å². The number of rotatable bonds is 6. The van der Waals surface area contributed by atoms with Gasteiger partial charge in [-0.05, 0) is 43.7 Å². The van der Waals surface area contributed by atoms with E-state index in [1.54, 1.807) is 12.1 Å². The zero-order chi connectivity index (χ0) is 21.0. The number of benzene rings is 1. The number of aromatic hydroxyl groups is 1. The Kier molecular flexibility index (Phi) is 6.92. The minimum atomic E-state index is -1.80. The minimum Gasteiger partial charge on any atom is -0.503 e. The van der Waals surface area contributed by atoms with Gasteiger partial charge in [0.05, 0.1) is 5.69 Å². The van der Waals surface area contributed by atoms with Crippen LogP contribution >= 0.6 is 0 Å². The van der Waals surface area contributed by atoms with E-state index in [1.807, 2.05) is 4.90 Å². The number of nitrogens with zero attached hydrogens (tertiary/aromatic N) is 2. The second kappa shape index (κ2) is 9.41. The lowest BCUT2D eigenvalue weighted by Crippen LogP contribution is -2.51. The molecule has 0 bridgehead atoms. The molecule has 9 heteroatoms. The van der Waals surface area contributed by atoms with Crippen molar-refractivity contribution < 1.29 is 29.3 Å². The van der Waals surface area contributed by atoms with Gasteiger partial charge in [0.15, 0.2) is 23.8 Å². The monoisotopic (exact) mass is 409 g/mol. The van der Waals surface area contributed by atoms with Crippen LogP contribution in [0.4, 0.5) is 10.1 Å². The first-order valence-electron chi connectivity index (χ1n) is 10.0. The number of halogens is 1. The number of nitrogens with one attached hydrogen (secondary N) is 1. The van der Waals surface area contributed by atoms with E-state index in [-0.39, 0.29) is 11.7 Å². The number of para-hydroxylation sites is 1. The van der Waals surface area contributed by atoms with Gasteiger partial charge in [-0.3, -0.25) is 9.59 Å². The van der Waals surface area contributed by atoms with Crippen LogP contribution in [0.3, 0.4) is 0 Å². The third kappa shape index (κ3) is 4.97. The number of anilines is 1. The molecule has 8 nitrogen and oxygen atoms in total. The van der Waals surface area contributed by atoms with Crippen molar-refractivity contribution in [2.45, 2.75) is 37.9 Å². The maximum absolute atomic E-state index is 13.5. The topological polar surface area (TPSA) is 113 Å². The van der Waals surface area contributed by atoms with Crippen LogP contribution in [0.5, 0.6) is 5.75 Å². The summed E-state index contributed by atoms with van der Waals surface area (Å²) in [5.41, 5.74) is 0.450. The van der Waals surface area contributed by atoms with Gasteiger partial charge in [0.1, 0.15) is 0 Å². The first-order chi connectivity index (χ1) is 13.9. The van der Waals surface area contributed by atoms with Crippen molar-refractivity contribution in [2.75, 3.05) is 37.6 Å². The van der Waals surface area contributed by atoms with Crippen LogP contribution < -0.4 is 10.2 Å². The number of likely N-dealkylation sites (tertiary alicyclic amines) is 1. The van der Waals surface area contributed by atoms with Gasteiger partial charge >= 0.3 is 0 Å². The molecule has 3 rings (SSSR count). The van der Waals surface area contributed by atoms with E-state index in [2.05, 4.69) is 5.32 Å². The minimum absolute atomic E-state index is 0.143. The highest BCUT2D eigenvalue weighted by Crippen LogP contribution is 2.32. The van der Waals surface area contributed by atoms with Gasteiger partial charge in [0, 0.05) is 32.7 Å². The normalized spacial score (nSPS) is 19.8. The molecule has 4 N–H and O–H groups in total. The first kappa shape index (κ1) is 21.3. The Balaban J connectivity index is 1.44. The van der Waals surface area contributed by atoms with Crippen LogP contribution in [0.2, 0.25) is 0 Å². The Bertz CT molecular complexity index is 733. The smallest absolute Gasteiger partial charge is 0.254 e. The zero-order valence-corrected chi connectivity index (χ0v) is 16.3. The number of carbonyl (C=O) groups is 2. The summed E-state index contributed by atoms with van der Waals surface area (Å²) in [6.45, 7) is 2.56. The summed E-state index contributed by atoms with van der Waals surface area (Å²) in [7, 11) is 0. The van der Waals surface area contributed by atoms with E-state index in [9.17, 15) is 29.3 Å². The van der Waals surface area contributed by atoms with E-state index in [0.29, 0.717) is 51.3 Å². The summed E-state index contributed by atoms with van der Waals surface area (Å²) in [4.78, 5) is 27.6. The van der Waals surface area contributed by atoms with E-state index in [0.717, 1.165) is 12.8 Å². The van der Waals surface area contributed by atoms with Crippen molar-refractivity contribution >= 4 is 17.5 Å². The van der Waals surface area contributed by atoms with Crippen LogP contribution in [-0.4, -0.2) is 77.0 Å². The summed E-state index contributed by atoms with van der Waals surface area (Å²) >= 11 is 0. The van der Waals surface area contributed by atoms with Crippen LogP contribution in [0.15, 0.2) is 18.2 Å². The van der Waals surface area contributed by atoms with Crippen molar-refractivity contribution in [3.8, 4) is 5.75 Å². The number of amides is 2. The predicted octanol–water partition coefficient (Wildman–Crippen LogP) is 0.208. The van der Waals surface area contributed by atoms with Crippen LogP contribution in [0.25, 0.3) is 0 Å². The second-order valence-electron chi connectivity index (χ2n) is 7.71. The molecule has 0 saturated carbocycles. The first-order valence-corrected chi connectivity index (χ1v) is 10.0. The molecular formula is C20H28FN3O5. The zero-order valence-electron chi connectivity index (χ0n) is 16.3. The molecule has 160 valence electrons. The number of carbonyl (C=O) groups excluding carboxylic acids is 2. The molecule has 2 atom stereocenters. The molecule has 0 spiro atoms. The average Bonchev–Trinajstić information content (AvgIpc) is 3.27. The summed E-state index contributed by atoms with van der Waals surface area (Å²) in [5, 5.41) is 32.5. The number of piperidine rings is 1. The van der Waals surface area contributed by atoms with Gasteiger partial charge in [-0.25, -0.2) is 4.39 Å². The Labute approximate surface area is 168 Å². The summed E-state index contributed by atoms with van der Waals surface area (Å²) in [6.07, 6.45) is -0.429. The maximum atomic E-state index is 13.5. The lowest BCUT2D eigenvalue weighted by molar-refractivity contribution is -0.152. The highest BCUT2D eigenvalue weighted by Gasteiger charge is 2.34. The van der Waals surface area contributed by atoms with Crippen molar-refractivity contribution in [1.29, 1.82) is 0 Å². The van der Waals surface area contributed by atoms with Crippen LogP contribution in [0.1, 0.15) is 25.7 Å². The van der Waals surface area contributed by atoms with E-state index < -0.39 is 29.8 Å². The molecule has 0 unspecified atom stereocenters. The van der Waals surface area contributed by atoms with Gasteiger partial charge in [-0.1, -0.05) is 6.07 Å². The third-order valence-electron chi connectivity index (χ3n) is 5.72. The number of aliphatic hydroxyl groups excluding tert-OH is 2. The lowest BCUT2D eigenvalue weighted by Gasteiger charge is -2.34. The SMILES string of the molecule is O=C(NCC1CCN(c2cccc(F)c2O)CC1)[C@H](O)[C@@H](O)C(=O)N1CCCC1. The Hall–Kier alpha value is -2.39. The van der Waals surface area contributed by atoms with Crippen LogP contribution in [0, 0.1) is 11.7 Å². The molecule has 2 heterocycles. The average molecular weight is 409 g/mol. The Morgan fingerprint density at radius 2 is 1.76 bits per heavy atom.